The van der Waals surface area contributed by atoms with Crippen LogP contribution < -0.4 is 0 Å². The third-order valence-corrected chi connectivity index (χ3v) is 3.72. The Labute approximate surface area is 85.4 Å². The summed E-state index contributed by atoms with van der Waals surface area (Å²) in [6, 6.07) is 0. The molecule has 1 atom stereocenters. The second-order valence-electron chi connectivity index (χ2n) is 3.75. The van der Waals surface area contributed by atoms with Gasteiger partial charge in [-0.25, -0.2) is 8.42 Å². The Morgan fingerprint density at radius 3 is 2.43 bits per heavy atom. The van der Waals surface area contributed by atoms with Crippen molar-refractivity contribution in [3.63, 3.8) is 0 Å². The molecule has 1 heterocycles. The van der Waals surface area contributed by atoms with Crippen molar-refractivity contribution in [2.75, 3.05) is 13.2 Å². The fourth-order valence-electron chi connectivity index (χ4n) is 1.63. The highest BCUT2D eigenvalue weighted by molar-refractivity contribution is 7.86. The van der Waals surface area contributed by atoms with Crippen LogP contribution in [0.25, 0.3) is 0 Å². The predicted molar refractivity (Wildman–Crippen MR) is 52.0 cm³/mol. The minimum atomic E-state index is -4.17. The molecule has 1 aliphatic rings. The van der Waals surface area contributed by atoms with E-state index >= 15 is 0 Å². The van der Waals surface area contributed by atoms with Crippen LogP contribution in [0.2, 0.25) is 0 Å². The minimum absolute atomic E-state index is 0.0752. The molecule has 4 nitrogen and oxygen atoms in total. The molecule has 1 aliphatic heterocycles. The van der Waals surface area contributed by atoms with Crippen molar-refractivity contribution >= 4 is 10.1 Å². The summed E-state index contributed by atoms with van der Waals surface area (Å²) < 4.78 is 37.6. The van der Waals surface area contributed by atoms with Crippen LogP contribution in [0.4, 0.5) is 0 Å². The van der Waals surface area contributed by atoms with Gasteiger partial charge in [-0.15, -0.1) is 0 Å². The summed E-state index contributed by atoms with van der Waals surface area (Å²) in [5, 5.41) is -0.833. The number of ether oxygens (including phenoxy) is 1. The third-order valence-electron chi connectivity index (χ3n) is 2.53. The SMILES string of the molecule is O=S(=O)([O-])C1CCCCCCCOC1. The van der Waals surface area contributed by atoms with Gasteiger partial charge < -0.3 is 9.29 Å². The molecule has 0 spiro atoms. The van der Waals surface area contributed by atoms with Gasteiger partial charge in [-0.05, 0) is 12.8 Å². The quantitative estimate of drug-likeness (QED) is 0.625. The van der Waals surface area contributed by atoms with E-state index in [1.807, 2.05) is 0 Å². The molecule has 1 fully saturated rings. The van der Waals surface area contributed by atoms with Gasteiger partial charge in [0, 0.05) is 6.61 Å². The number of rotatable bonds is 1. The van der Waals surface area contributed by atoms with Crippen molar-refractivity contribution in [2.24, 2.45) is 0 Å². The topological polar surface area (TPSA) is 66.4 Å². The van der Waals surface area contributed by atoms with E-state index in [2.05, 4.69) is 0 Å². The highest BCUT2D eigenvalue weighted by atomic mass is 32.2. The Hall–Kier alpha value is -0.130. The number of hydrogen-bond acceptors (Lipinski definition) is 4. The molecule has 0 aromatic carbocycles. The largest absolute Gasteiger partial charge is 0.748 e. The normalized spacial score (nSPS) is 27.1. The second kappa shape index (κ2) is 5.68. The summed E-state index contributed by atoms with van der Waals surface area (Å²) in [5.74, 6) is 0. The maximum absolute atomic E-state index is 10.8. The first-order chi connectivity index (χ1) is 6.61. The zero-order valence-electron chi connectivity index (χ0n) is 8.28. The van der Waals surface area contributed by atoms with Crippen LogP contribution in [0, 0.1) is 0 Å². The first kappa shape index (κ1) is 11.9. The van der Waals surface area contributed by atoms with Crippen molar-refractivity contribution < 1.29 is 17.7 Å². The van der Waals surface area contributed by atoms with Crippen molar-refractivity contribution in [1.29, 1.82) is 0 Å². The van der Waals surface area contributed by atoms with E-state index in [0.717, 1.165) is 32.1 Å². The fraction of sp³-hybridized carbons (Fsp3) is 1.00. The van der Waals surface area contributed by atoms with Gasteiger partial charge in [0.25, 0.3) is 0 Å². The van der Waals surface area contributed by atoms with Gasteiger partial charge in [0.1, 0.15) is 0 Å². The molecule has 0 amide bonds. The van der Waals surface area contributed by atoms with Crippen molar-refractivity contribution in [2.45, 2.75) is 43.8 Å². The minimum Gasteiger partial charge on any atom is -0.748 e. The highest BCUT2D eigenvalue weighted by Crippen LogP contribution is 2.14. The van der Waals surface area contributed by atoms with Gasteiger partial charge in [0.2, 0.25) is 0 Å². The smallest absolute Gasteiger partial charge is 0.0998 e. The molecule has 14 heavy (non-hydrogen) atoms. The van der Waals surface area contributed by atoms with Crippen molar-refractivity contribution in [3.05, 3.63) is 0 Å². The molecule has 0 N–H and O–H groups in total. The van der Waals surface area contributed by atoms with Gasteiger partial charge in [-0.2, -0.15) is 0 Å². The Morgan fingerprint density at radius 2 is 1.71 bits per heavy atom. The average Bonchev–Trinajstić information content (AvgIpc) is 2.12. The van der Waals surface area contributed by atoms with Gasteiger partial charge in [0.05, 0.1) is 22.0 Å². The standard InChI is InChI=1S/C9H18O4S/c10-14(11,12)9-6-4-2-1-3-5-7-13-8-9/h9H,1-8H2,(H,10,11,12)/p-1. The molecule has 0 radical (unpaired) electrons. The molecule has 1 rings (SSSR count). The Morgan fingerprint density at radius 1 is 1.07 bits per heavy atom. The van der Waals surface area contributed by atoms with Crippen LogP contribution in [-0.4, -0.2) is 31.4 Å². The zero-order chi connectivity index (χ0) is 10.4. The first-order valence-electron chi connectivity index (χ1n) is 5.13. The van der Waals surface area contributed by atoms with Crippen LogP contribution >= 0.6 is 0 Å². The molecule has 84 valence electrons. The molecule has 5 heteroatoms. The monoisotopic (exact) mass is 221 g/mol. The predicted octanol–water partition coefficient (Wildman–Crippen LogP) is 1.27. The molecule has 0 saturated carbocycles. The van der Waals surface area contributed by atoms with Crippen LogP contribution in [0.3, 0.4) is 0 Å². The van der Waals surface area contributed by atoms with E-state index in [-0.39, 0.29) is 6.61 Å². The Bertz CT molecular complexity index is 238. The van der Waals surface area contributed by atoms with E-state index in [1.54, 1.807) is 0 Å². The molecular weight excluding hydrogens is 204 g/mol. The summed E-state index contributed by atoms with van der Waals surface area (Å²) in [7, 11) is -4.17. The fourth-order valence-corrected chi connectivity index (χ4v) is 2.35. The van der Waals surface area contributed by atoms with E-state index in [9.17, 15) is 13.0 Å². The van der Waals surface area contributed by atoms with E-state index in [0.29, 0.717) is 13.0 Å². The molecule has 0 aliphatic carbocycles. The lowest BCUT2D eigenvalue weighted by atomic mass is 10.1. The van der Waals surface area contributed by atoms with Crippen LogP contribution in [-0.2, 0) is 14.9 Å². The van der Waals surface area contributed by atoms with Crippen molar-refractivity contribution in [3.8, 4) is 0 Å². The van der Waals surface area contributed by atoms with Crippen LogP contribution in [0.1, 0.15) is 38.5 Å². The van der Waals surface area contributed by atoms with Crippen LogP contribution in [0.15, 0.2) is 0 Å². The van der Waals surface area contributed by atoms with Gasteiger partial charge in [-0.3, -0.25) is 0 Å². The maximum Gasteiger partial charge on any atom is 0.0998 e. The third kappa shape index (κ3) is 4.39. The van der Waals surface area contributed by atoms with E-state index in [4.69, 9.17) is 4.74 Å². The summed E-state index contributed by atoms with van der Waals surface area (Å²) in [6.07, 6.45) is 5.49. The zero-order valence-corrected chi connectivity index (χ0v) is 9.09. The summed E-state index contributed by atoms with van der Waals surface area (Å²) in [6.45, 7) is 0.651. The Balaban J connectivity index is 2.47. The maximum atomic E-state index is 10.8. The summed E-state index contributed by atoms with van der Waals surface area (Å²) in [4.78, 5) is 0. The van der Waals surface area contributed by atoms with E-state index in [1.165, 1.54) is 0 Å². The van der Waals surface area contributed by atoms with Gasteiger partial charge >= 0.3 is 0 Å². The molecule has 0 aromatic heterocycles. The lowest BCUT2D eigenvalue weighted by Gasteiger charge is -2.21. The molecule has 1 saturated heterocycles. The molecule has 1 unspecified atom stereocenters. The first-order valence-corrected chi connectivity index (χ1v) is 6.60. The average molecular weight is 221 g/mol. The van der Waals surface area contributed by atoms with Crippen LogP contribution in [0.5, 0.6) is 0 Å². The molecule has 0 aromatic rings. The van der Waals surface area contributed by atoms with Gasteiger partial charge in [0.15, 0.2) is 0 Å². The highest BCUT2D eigenvalue weighted by Gasteiger charge is 2.16. The van der Waals surface area contributed by atoms with Gasteiger partial charge in [-0.1, -0.05) is 25.7 Å². The summed E-state index contributed by atoms with van der Waals surface area (Å²) in [5.41, 5.74) is 0. The molecular formula is C9H17O4S-. The lowest BCUT2D eigenvalue weighted by molar-refractivity contribution is 0.122. The Kier molecular flexibility index (Phi) is 4.84. The number of hydrogen-bond donors (Lipinski definition) is 0. The second-order valence-corrected chi connectivity index (χ2v) is 5.40. The van der Waals surface area contributed by atoms with E-state index < -0.39 is 15.4 Å². The lowest BCUT2D eigenvalue weighted by Crippen LogP contribution is -2.27. The summed E-state index contributed by atoms with van der Waals surface area (Å²) >= 11 is 0. The van der Waals surface area contributed by atoms with Crippen molar-refractivity contribution in [1.82, 2.24) is 0 Å². The molecule has 0 bridgehead atoms.